The van der Waals surface area contributed by atoms with Crippen molar-refractivity contribution in [2.24, 2.45) is 0 Å². The van der Waals surface area contributed by atoms with Crippen molar-refractivity contribution >= 4 is 50.2 Å². The van der Waals surface area contributed by atoms with E-state index in [4.69, 9.17) is 10.5 Å². The van der Waals surface area contributed by atoms with Gasteiger partial charge in [0.05, 0.1) is 18.6 Å². The number of nitrogens with zero attached hydrogens (tertiary/aromatic N) is 4. The molecule has 0 spiro atoms. The number of halogens is 1. The molecular weight excluding hydrogens is 510 g/mol. The third-order valence-electron chi connectivity index (χ3n) is 6.00. The summed E-state index contributed by atoms with van der Waals surface area (Å²) in [6.45, 7) is 5.12. The van der Waals surface area contributed by atoms with Crippen LogP contribution in [-0.4, -0.2) is 58.3 Å². The minimum absolute atomic E-state index is 0.308. The van der Waals surface area contributed by atoms with Crippen LogP contribution in [0, 0.1) is 0 Å². The molecule has 0 bridgehead atoms. The normalized spacial score (nSPS) is 14.2. The second kappa shape index (κ2) is 10.4. The number of carbonyl (C=O) groups excluding carboxylic acids is 1. The molecule has 0 atom stereocenters. The number of hydrogen-bond acceptors (Lipinski definition) is 6. The van der Waals surface area contributed by atoms with Crippen molar-refractivity contribution in [1.82, 2.24) is 19.4 Å². The van der Waals surface area contributed by atoms with Crippen LogP contribution in [0.2, 0.25) is 0 Å². The highest BCUT2D eigenvalue weighted by Crippen LogP contribution is 2.33. The average molecular weight is 536 g/mol. The van der Waals surface area contributed by atoms with Crippen molar-refractivity contribution in [1.29, 1.82) is 0 Å². The van der Waals surface area contributed by atoms with Gasteiger partial charge in [0.2, 0.25) is 0 Å². The maximum Gasteiger partial charge on any atom is 0.323 e. The van der Waals surface area contributed by atoms with Gasteiger partial charge >= 0.3 is 6.03 Å². The molecular formula is C25H26BrN7O2. The molecule has 10 heteroatoms. The second-order valence-electron chi connectivity index (χ2n) is 8.31. The average Bonchev–Trinajstić information content (AvgIpc) is 3.25. The summed E-state index contributed by atoms with van der Waals surface area (Å²) < 4.78 is 8.54. The van der Waals surface area contributed by atoms with Crippen molar-refractivity contribution in [3.05, 3.63) is 65.5 Å². The smallest absolute Gasteiger partial charge is 0.323 e. The van der Waals surface area contributed by atoms with Gasteiger partial charge in [-0.2, -0.15) is 0 Å². The molecule has 2 amide bonds. The lowest BCUT2D eigenvalue weighted by Gasteiger charge is -2.26. The fourth-order valence-electron chi connectivity index (χ4n) is 4.17. The summed E-state index contributed by atoms with van der Waals surface area (Å²) in [6, 6.07) is 14.8. The molecule has 4 N–H and O–H groups in total. The Bertz CT molecular complexity index is 1320. The molecule has 0 saturated carbocycles. The number of urea groups is 1. The van der Waals surface area contributed by atoms with Crippen LogP contribution in [0.4, 0.5) is 22.0 Å². The lowest BCUT2D eigenvalue weighted by atomic mass is 10.1. The number of carbonyl (C=O) groups is 1. The van der Waals surface area contributed by atoms with Gasteiger partial charge in [0.1, 0.15) is 17.8 Å². The summed E-state index contributed by atoms with van der Waals surface area (Å²) >= 11 is 3.39. The fraction of sp³-hybridized carbons (Fsp3) is 0.240. The molecule has 180 valence electrons. The Morgan fingerprint density at radius 1 is 0.971 bits per heavy atom. The first-order valence-corrected chi connectivity index (χ1v) is 12.2. The number of nitrogens with one attached hydrogen (secondary N) is 2. The van der Waals surface area contributed by atoms with Crippen LogP contribution in [0.25, 0.3) is 22.2 Å². The summed E-state index contributed by atoms with van der Waals surface area (Å²) in [5, 5.41) is 6.52. The first kappa shape index (κ1) is 23.3. The molecule has 2 aromatic carbocycles. The highest BCUT2D eigenvalue weighted by atomic mass is 79.9. The van der Waals surface area contributed by atoms with Crippen LogP contribution in [0.15, 0.2) is 65.5 Å². The summed E-state index contributed by atoms with van der Waals surface area (Å²) in [4.78, 5) is 23.5. The van der Waals surface area contributed by atoms with E-state index in [1.165, 1.54) is 6.33 Å². The zero-order chi connectivity index (χ0) is 24.2. The van der Waals surface area contributed by atoms with E-state index in [1.54, 1.807) is 0 Å². The van der Waals surface area contributed by atoms with Gasteiger partial charge in [0, 0.05) is 53.8 Å². The van der Waals surface area contributed by atoms with Gasteiger partial charge in [-0.25, -0.2) is 14.8 Å². The van der Waals surface area contributed by atoms with E-state index in [9.17, 15) is 4.79 Å². The Labute approximate surface area is 211 Å². The second-order valence-corrected chi connectivity index (χ2v) is 9.23. The highest BCUT2D eigenvalue weighted by Gasteiger charge is 2.17. The van der Waals surface area contributed by atoms with E-state index in [-0.39, 0.29) is 6.03 Å². The fourth-order valence-corrected chi connectivity index (χ4v) is 4.43. The van der Waals surface area contributed by atoms with Crippen molar-refractivity contribution in [2.75, 3.05) is 49.2 Å². The highest BCUT2D eigenvalue weighted by molar-refractivity contribution is 9.10. The van der Waals surface area contributed by atoms with Crippen molar-refractivity contribution in [3.8, 4) is 11.1 Å². The summed E-state index contributed by atoms with van der Waals surface area (Å²) in [7, 11) is 0. The Hall–Kier alpha value is -3.47. The third kappa shape index (κ3) is 5.45. The Kier molecular flexibility index (Phi) is 6.94. The van der Waals surface area contributed by atoms with Gasteiger partial charge in [0.25, 0.3) is 0 Å². The molecule has 0 radical (unpaired) electrons. The summed E-state index contributed by atoms with van der Waals surface area (Å²) in [5.41, 5.74) is 10.4. The van der Waals surface area contributed by atoms with Gasteiger partial charge in [-0.05, 0) is 42.0 Å². The number of ether oxygens (including phenoxy) is 1. The lowest BCUT2D eigenvalue weighted by Crippen LogP contribution is -2.38. The first-order chi connectivity index (χ1) is 17.1. The number of nitrogens with two attached hydrogens (primary N) is 1. The zero-order valence-corrected chi connectivity index (χ0v) is 20.7. The number of aromatic nitrogens is 3. The molecule has 2 aromatic heterocycles. The van der Waals surface area contributed by atoms with Crippen molar-refractivity contribution < 1.29 is 9.53 Å². The number of fused-ring (bicyclic) bond motifs is 1. The number of morpholine rings is 1. The predicted molar refractivity (Wildman–Crippen MR) is 141 cm³/mol. The molecule has 1 saturated heterocycles. The summed E-state index contributed by atoms with van der Waals surface area (Å²) in [6.07, 6.45) is 3.59. The molecule has 5 rings (SSSR count). The van der Waals surface area contributed by atoms with Crippen LogP contribution in [0.1, 0.15) is 0 Å². The topological polar surface area (TPSA) is 110 Å². The van der Waals surface area contributed by atoms with Crippen molar-refractivity contribution in [2.45, 2.75) is 6.54 Å². The third-order valence-corrected chi connectivity index (χ3v) is 6.53. The van der Waals surface area contributed by atoms with Gasteiger partial charge in [-0.1, -0.05) is 28.1 Å². The SMILES string of the molecule is Nc1ncnc2c1c(-c1ccc(NC(=O)Nc3ccc(Br)cc3)cc1)cn2CCN1CCOCC1. The largest absolute Gasteiger partial charge is 0.383 e. The van der Waals surface area contributed by atoms with Crippen LogP contribution in [0.5, 0.6) is 0 Å². The maximum absolute atomic E-state index is 12.4. The number of rotatable bonds is 6. The van der Waals surface area contributed by atoms with Crippen LogP contribution in [0.3, 0.4) is 0 Å². The first-order valence-electron chi connectivity index (χ1n) is 11.4. The molecule has 0 unspecified atom stereocenters. The minimum Gasteiger partial charge on any atom is -0.383 e. The van der Waals surface area contributed by atoms with E-state index < -0.39 is 0 Å². The lowest BCUT2D eigenvalue weighted by molar-refractivity contribution is 0.0365. The number of hydrogen-bond donors (Lipinski definition) is 3. The zero-order valence-electron chi connectivity index (χ0n) is 19.1. The monoisotopic (exact) mass is 535 g/mol. The minimum atomic E-state index is -0.308. The van der Waals surface area contributed by atoms with E-state index in [2.05, 4.69) is 52.2 Å². The number of anilines is 3. The predicted octanol–water partition coefficient (Wildman–Crippen LogP) is 4.42. The van der Waals surface area contributed by atoms with Gasteiger partial charge in [-0.3, -0.25) is 4.90 Å². The standard InChI is InChI=1S/C25H26BrN7O2/c26-18-3-7-20(8-4-18)31-25(34)30-19-5-1-17(2-6-19)21-15-33(10-9-32-11-13-35-14-12-32)24-22(21)23(27)28-16-29-24/h1-8,15-16H,9-14H2,(H2,27,28,29)(H2,30,31,34). The van der Waals surface area contributed by atoms with Crippen LogP contribution >= 0.6 is 15.9 Å². The Morgan fingerprint density at radius 2 is 1.63 bits per heavy atom. The van der Waals surface area contributed by atoms with Gasteiger partial charge in [0.15, 0.2) is 0 Å². The van der Waals surface area contributed by atoms with E-state index >= 15 is 0 Å². The molecule has 1 aliphatic heterocycles. The Balaban J connectivity index is 1.33. The number of benzene rings is 2. The van der Waals surface area contributed by atoms with Gasteiger partial charge in [-0.15, -0.1) is 0 Å². The molecule has 9 nitrogen and oxygen atoms in total. The van der Waals surface area contributed by atoms with Gasteiger partial charge < -0.3 is 25.7 Å². The molecule has 0 aliphatic carbocycles. The molecule has 35 heavy (non-hydrogen) atoms. The molecule has 4 aromatic rings. The summed E-state index contributed by atoms with van der Waals surface area (Å²) in [5.74, 6) is 0.450. The molecule has 3 heterocycles. The van der Waals surface area contributed by atoms with E-state index in [0.717, 1.165) is 66.0 Å². The van der Waals surface area contributed by atoms with Crippen LogP contribution < -0.4 is 16.4 Å². The maximum atomic E-state index is 12.4. The quantitative estimate of drug-likeness (QED) is 0.337. The van der Waals surface area contributed by atoms with E-state index in [1.807, 2.05) is 48.5 Å². The molecule has 1 fully saturated rings. The Morgan fingerprint density at radius 3 is 2.31 bits per heavy atom. The molecule has 1 aliphatic rings. The van der Waals surface area contributed by atoms with E-state index in [0.29, 0.717) is 17.2 Å². The van der Waals surface area contributed by atoms with Crippen molar-refractivity contribution in [3.63, 3.8) is 0 Å². The van der Waals surface area contributed by atoms with Crippen LogP contribution in [-0.2, 0) is 11.3 Å². The number of nitrogen functional groups attached to an aromatic ring is 1. The number of amides is 2.